The van der Waals surface area contributed by atoms with Gasteiger partial charge in [-0.2, -0.15) is 18.3 Å². The highest BCUT2D eigenvalue weighted by Gasteiger charge is 2.32. The van der Waals surface area contributed by atoms with E-state index in [-0.39, 0.29) is 22.2 Å². The van der Waals surface area contributed by atoms with E-state index in [1.807, 2.05) is 0 Å². The van der Waals surface area contributed by atoms with E-state index in [2.05, 4.69) is 10.2 Å². The summed E-state index contributed by atoms with van der Waals surface area (Å²) in [6, 6.07) is 4.99. The van der Waals surface area contributed by atoms with Crippen LogP contribution in [0.1, 0.15) is 15.9 Å². The number of benzene rings is 2. The van der Waals surface area contributed by atoms with Gasteiger partial charge < -0.3 is 5.73 Å². The van der Waals surface area contributed by atoms with Crippen LogP contribution in [0.25, 0.3) is 22.0 Å². The largest absolute Gasteiger partial charge is 0.416 e. The Morgan fingerprint density at radius 2 is 1.87 bits per heavy atom. The summed E-state index contributed by atoms with van der Waals surface area (Å²) in [5.74, 6) is -1.57. The molecular formula is C15H9F4N3O. The molecule has 0 saturated carbocycles. The molecule has 3 aromatic rings. The van der Waals surface area contributed by atoms with E-state index in [4.69, 9.17) is 5.73 Å². The van der Waals surface area contributed by atoms with Gasteiger partial charge in [0.05, 0.1) is 17.3 Å². The van der Waals surface area contributed by atoms with Crippen LogP contribution in [0.3, 0.4) is 0 Å². The average molecular weight is 323 g/mol. The molecule has 3 N–H and O–H groups in total. The third kappa shape index (κ3) is 2.63. The number of hydrogen-bond acceptors (Lipinski definition) is 2. The SMILES string of the molecule is NC(=O)c1ccc(F)c(-c2cc(C(F)(F)F)cc3[nH]ncc23)c1. The molecule has 8 heteroatoms. The maximum Gasteiger partial charge on any atom is 0.416 e. The Hall–Kier alpha value is -2.90. The zero-order chi connectivity index (χ0) is 16.8. The lowest BCUT2D eigenvalue weighted by Gasteiger charge is -2.11. The number of aromatic nitrogens is 2. The second-order valence-corrected chi connectivity index (χ2v) is 4.91. The topological polar surface area (TPSA) is 71.8 Å². The minimum absolute atomic E-state index is 0.00421. The van der Waals surface area contributed by atoms with Crippen molar-refractivity contribution >= 4 is 16.8 Å². The minimum atomic E-state index is -4.61. The number of alkyl halides is 3. The van der Waals surface area contributed by atoms with Crippen molar-refractivity contribution in [2.75, 3.05) is 0 Å². The summed E-state index contributed by atoms with van der Waals surface area (Å²) in [6.07, 6.45) is -3.31. The Bertz CT molecular complexity index is 915. The van der Waals surface area contributed by atoms with Crippen LogP contribution in [0.4, 0.5) is 17.6 Å². The van der Waals surface area contributed by atoms with Crippen molar-refractivity contribution < 1.29 is 22.4 Å². The number of aromatic amines is 1. The highest BCUT2D eigenvalue weighted by Crippen LogP contribution is 2.37. The predicted octanol–water partition coefficient (Wildman–Crippen LogP) is 3.49. The summed E-state index contributed by atoms with van der Waals surface area (Å²) in [7, 11) is 0. The van der Waals surface area contributed by atoms with Crippen LogP contribution in [-0.2, 0) is 6.18 Å². The summed E-state index contributed by atoms with van der Waals surface area (Å²) in [5.41, 5.74) is 4.12. The number of amides is 1. The molecule has 0 radical (unpaired) electrons. The van der Waals surface area contributed by atoms with Gasteiger partial charge in [0.2, 0.25) is 5.91 Å². The van der Waals surface area contributed by atoms with Crippen LogP contribution in [0.5, 0.6) is 0 Å². The van der Waals surface area contributed by atoms with Gasteiger partial charge in [-0.15, -0.1) is 0 Å². The lowest BCUT2D eigenvalue weighted by molar-refractivity contribution is -0.137. The Balaban J connectivity index is 2.33. The highest BCUT2D eigenvalue weighted by molar-refractivity contribution is 5.98. The lowest BCUT2D eigenvalue weighted by atomic mass is 9.97. The third-order valence-corrected chi connectivity index (χ3v) is 3.43. The molecule has 0 aliphatic rings. The molecule has 0 bridgehead atoms. The molecule has 1 heterocycles. The van der Waals surface area contributed by atoms with Crippen molar-refractivity contribution in [2.24, 2.45) is 5.73 Å². The first kappa shape index (κ1) is 15.0. The number of carbonyl (C=O) groups is 1. The fourth-order valence-electron chi connectivity index (χ4n) is 2.32. The third-order valence-electron chi connectivity index (χ3n) is 3.43. The van der Waals surface area contributed by atoms with Gasteiger partial charge in [-0.25, -0.2) is 4.39 Å². The second kappa shape index (κ2) is 5.08. The van der Waals surface area contributed by atoms with Gasteiger partial charge in [-0.3, -0.25) is 9.89 Å². The Morgan fingerprint density at radius 1 is 1.13 bits per heavy atom. The summed E-state index contributed by atoms with van der Waals surface area (Å²) in [4.78, 5) is 11.2. The number of nitrogens with two attached hydrogens (primary N) is 1. The summed E-state index contributed by atoms with van der Waals surface area (Å²) in [6.45, 7) is 0. The highest BCUT2D eigenvalue weighted by atomic mass is 19.4. The molecule has 0 fully saturated rings. The van der Waals surface area contributed by atoms with E-state index in [9.17, 15) is 22.4 Å². The summed E-state index contributed by atoms with van der Waals surface area (Å²) < 4.78 is 53.2. The van der Waals surface area contributed by atoms with Gasteiger partial charge in [0.15, 0.2) is 0 Å². The lowest BCUT2D eigenvalue weighted by Crippen LogP contribution is -2.11. The Morgan fingerprint density at radius 3 is 2.52 bits per heavy atom. The van der Waals surface area contributed by atoms with Gasteiger partial charge in [-0.1, -0.05) is 0 Å². The zero-order valence-corrected chi connectivity index (χ0v) is 11.4. The van der Waals surface area contributed by atoms with Crippen LogP contribution in [0, 0.1) is 5.82 Å². The molecule has 118 valence electrons. The van der Waals surface area contributed by atoms with Gasteiger partial charge >= 0.3 is 6.18 Å². The van der Waals surface area contributed by atoms with Crippen LogP contribution in [-0.4, -0.2) is 16.1 Å². The molecule has 4 nitrogen and oxygen atoms in total. The van der Waals surface area contributed by atoms with Gasteiger partial charge in [0.25, 0.3) is 0 Å². The zero-order valence-electron chi connectivity index (χ0n) is 11.4. The molecule has 0 spiro atoms. The Kier molecular flexibility index (Phi) is 3.32. The number of carbonyl (C=O) groups excluding carboxylic acids is 1. The van der Waals surface area contributed by atoms with Crippen molar-refractivity contribution in [3.05, 3.63) is 53.5 Å². The van der Waals surface area contributed by atoms with Crippen LogP contribution >= 0.6 is 0 Å². The second-order valence-electron chi connectivity index (χ2n) is 4.91. The van der Waals surface area contributed by atoms with E-state index in [1.54, 1.807) is 0 Å². The summed E-state index contributed by atoms with van der Waals surface area (Å²) >= 11 is 0. The first-order valence-corrected chi connectivity index (χ1v) is 6.41. The van der Waals surface area contributed by atoms with E-state index >= 15 is 0 Å². The van der Waals surface area contributed by atoms with E-state index < -0.39 is 23.5 Å². The van der Waals surface area contributed by atoms with Crippen LogP contribution in [0.15, 0.2) is 36.5 Å². The normalized spacial score (nSPS) is 11.8. The van der Waals surface area contributed by atoms with E-state index in [0.717, 1.165) is 24.3 Å². The number of rotatable bonds is 2. The van der Waals surface area contributed by atoms with Crippen LogP contribution < -0.4 is 5.73 Å². The smallest absolute Gasteiger partial charge is 0.366 e. The van der Waals surface area contributed by atoms with Crippen molar-refractivity contribution in [1.29, 1.82) is 0 Å². The van der Waals surface area contributed by atoms with Crippen molar-refractivity contribution in [3.63, 3.8) is 0 Å². The van der Waals surface area contributed by atoms with Gasteiger partial charge in [0.1, 0.15) is 5.82 Å². The van der Waals surface area contributed by atoms with E-state index in [0.29, 0.717) is 5.39 Å². The molecule has 0 aliphatic heterocycles. The van der Waals surface area contributed by atoms with Crippen molar-refractivity contribution in [2.45, 2.75) is 6.18 Å². The first-order valence-electron chi connectivity index (χ1n) is 6.41. The fourth-order valence-corrected chi connectivity index (χ4v) is 2.32. The Labute approximate surface area is 126 Å². The molecule has 0 saturated heterocycles. The molecule has 3 rings (SSSR count). The number of fused-ring (bicyclic) bond motifs is 1. The monoisotopic (exact) mass is 323 g/mol. The van der Waals surface area contributed by atoms with Gasteiger partial charge in [0, 0.05) is 16.5 Å². The molecule has 1 amide bonds. The van der Waals surface area contributed by atoms with Crippen molar-refractivity contribution in [1.82, 2.24) is 10.2 Å². The maximum absolute atomic E-state index is 14.1. The van der Waals surface area contributed by atoms with Crippen molar-refractivity contribution in [3.8, 4) is 11.1 Å². The standard InChI is InChI=1S/C15H9F4N3O/c16-12-2-1-7(14(20)23)3-10(12)9-4-8(15(17,18)19)5-13-11(9)6-21-22-13/h1-6H,(H2,20,23)(H,21,22). The molecule has 1 aromatic heterocycles. The first-order chi connectivity index (χ1) is 10.8. The average Bonchev–Trinajstić information content (AvgIpc) is 2.94. The fraction of sp³-hybridized carbons (Fsp3) is 0.0667. The molecule has 0 atom stereocenters. The quantitative estimate of drug-likeness (QED) is 0.709. The number of H-pyrrole nitrogens is 1. The number of nitrogens with one attached hydrogen (secondary N) is 1. The number of nitrogens with zero attached hydrogens (tertiary/aromatic N) is 1. The molecule has 23 heavy (non-hydrogen) atoms. The van der Waals surface area contributed by atoms with Gasteiger partial charge in [-0.05, 0) is 35.9 Å². The number of hydrogen-bond donors (Lipinski definition) is 2. The molecule has 0 unspecified atom stereocenters. The maximum atomic E-state index is 14.1. The molecule has 0 aliphatic carbocycles. The summed E-state index contributed by atoms with van der Waals surface area (Å²) in [5, 5.41) is 6.43. The number of primary amides is 1. The molecule has 2 aromatic carbocycles. The predicted molar refractivity (Wildman–Crippen MR) is 75.0 cm³/mol. The van der Waals surface area contributed by atoms with E-state index in [1.165, 1.54) is 12.3 Å². The number of halogens is 4. The molecular weight excluding hydrogens is 314 g/mol. The minimum Gasteiger partial charge on any atom is -0.366 e. The van der Waals surface area contributed by atoms with Crippen LogP contribution in [0.2, 0.25) is 0 Å².